The molecular weight excluding hydrogens is 489 g/mol. The van der Waals surface area contributed by atoms with Crippen LogP contribution in [-0.4, -0.2) is 18.7 Å². The smallest absolute Gasteiger partial charge is 0.341 e. The number of hydrogen-bond donors (Lipinski definition) is 0. The fraction of sp³-hybridized carbons (Fsp3) is 0.594. The minimum Gasteiger partial charge on any atom is -0.493 e. The van der Waals surface area contributed by atoms with Crippen LogP contribution in [0, 0.1) is 23.4 Å². The summed E-state index contributed by atoms with van der Waals surface area (Å²) in [4.78, 5) is 12.7. The molecule has 38 heavy (non-hydrogen) atoms. The highest BCUT2D eigenvalue weighted by atomic mass is 19.2. The van der Waals surface area contributed by atoms with Crippen molar-refractivity contribution >= 4 is 5.97 Å². The van der Waals surface area contributed by atoms with Gasteiger partial charge in [0.05, 0.1) is 12.2 Å². The average Bonchev–Trinajstić information content (AvgIpc) is 2.91. The lowest BCUT2D eigenvalue weighted by Gasteiger charge is -2.29. The first kappa shape index (κ1) is 28.5. The van der Waals surface area contributed by atoms with Crippen LogP contribution >= 0.6 is 0 Å². The summed E-state index contributed by atoms with van der Waals surface area (Å²) >= 11 is 0. The van der Waals surface area contributed by atoms with E-state index in [0.717, 1.165) is 44.9 Å². The Hall–Kier alpha value is -2.50. The number of carbonyl (C=O) groups excluding carboxylic acids is 1. The van der Waals surface area contributed by atoms with Gasteiger partial charge in [0, 0.05) is 6.07 Å². The van der Waals surface area contributed by atoms with Gasteiger partial charge in [-0.15, -0.1) is 0 Å². The third kappa shape index (κ3) is 7.12. The zero-order chi connectivity index (χ0) is 27.1. The lowest BCUT2D eigenvalue weighted by atomic mass is 9.79. The highest BCUT2D eigenvalue weighted by Gasteiger charge is 2.30. The van der Waals surface area contributed by atoms with Crippen LogP contribution in [0.3, 0.4) is 0 Å². The van der Waals surface area contributed by atoms with Crippen molar-refractivity contribution in [2.75, 3.05) is 6.61 Å². The number of carbonyl (C=O) groups is 1. The number of benzene rings is 2. The van der Waals surface area contributed by atoms with E-state index in [9.17, 15) is 18.0 Å². The maximum absolute atomic E-state index is 14.9. The van der Waals surface area contributed by atoms with Crippen molar-refractivity contribution in [1.29, 1.82) is 0 Å². The summed E-state index contributed by atoms with van der Waals surface area (Å²) in [6.45, 7) is 4.92. The van der Waals surface area contributed by atoms with E-state index in [1.54, 1.807) is 12.1 Å². The van der Waals surface area contributed by atoms with E-state index in [1.165, 1.54) is 18.6 Å². The standard InChI is InChI=1S/C32H41F3O3/c1-3-4-5-6-19-37-25-15-16-26(29(33)20-25)22-11-13-24(14-12-22)38-32(36)28-18-17-27(30(34)31(28)35)23-9-7-21(2)8-10-23/h15-18,20-24H,3-14,19H2,1-2H3. The largest absolute Gasteiger partial charge is 0.493 e. The molecule has 6 heteroatoms. The number of hydrogen-bond acceptors (Lipinski definition) is 3. The molecule has 0 radical (unpaired) electrons. The van der Waals surface area contributed by atoms with Crippen molar-refractivity contribution in [1.82, 2.24) is 0 Å². The van der Waals surface area contributed by atoms with E-state index >= 15 is 0 Å². The number of unbranched alkanes of at least 4 members (excludes halogenated alkanes) is 3. The monoisotopic (exact) mass is 530 g/mol. The molecule has 2 aliphatic carbocycles. The summed E-state index contributed by atoms with van der Waals surface area (Å²) in [7, 11) is 0. The van der Waals surface area contributed by atoms with E-state index in [0.29, 0.717) is 55.1 Å². The molecule has 0 amide bonds. The van der Waals surface area contributed by atoms with Crippen molar-refractivity contribution in [2.45, 2.75) is 109 Å². The number of halogens is 3. The molecule has 0 N–H and O–H groups in total. The molecule has 2 fully saturated rings. The summed E-state index contributed by atoms with van der Waals surface area (Å²) in [5.41, 5.74) is 0.657. The zero-order valence-corrected chi connectivity index (χ0v) is 22.7. The second-order valence-electron chi connectivity index (χ2n) is 11.3. The van der Waals surface area contributed by atoms with E-state index in [-0.39, 0.29) is 23.2 Å². The van der Waals surface area contributed by atoms with Crippen LogP contribution in [0.5, 0.6) is 5.75 Å². The van der Waals surface area contributed by atoms with Crippen LogP contribution in [0.2, 0.25) is 0 Å². The Morgan fingerprint density at radius 3 is 2.16 bits per heavy atom. The number of rotatable bonds is 10. The molecule has 0 atom stereocenters. The normalized spacial score (nSPS) is 23.7. The molecule has 3 nitrogen and oxygen atoms in total. The average molecular weight is 531 g/mol. The predicted octanol–water partition coefficient (Wildman–Crippen LogP) is 9.24. The number of esters is 1. The zero-order valence-electron chi connectivity index (χ0n) is 22.7. The fourth-order valence-corrected chi connectivity index (χ4v) is 5.96. The highest BCUT2D eigenvalue weighted by Crippen LogP contribution is 2.39. The molecule has 4 rings (SSSR count). The SMILES string of the molecule is CCCCCCOc1ccc(C2CCC(OC(=O)c3ccc(C4CCC(C)CC4)c(F)c3F)CC2)c(F)c1. The molecule has 0 saturated heterocycles. The molecular formula is C32H41F3O3. The molecule has 2 aliphatic rings. The Morgan fingerprint density at radius 1 is 0.816 bits per heavy atom. The lowest BCUT2D eigenvalue weighted by molar-refractivity contribution is 0.0188. The molecule has 0 heterocycles. The first-order valence-electron chi connectivity index (χ1n) is 14.5. The van der Waals surface area contributed by atoms with Crippen LogP contribution in [0.1, 0.15) is 124 Å². The maximum Gasteiger partial charge on any atom is 0.341 e. The maximum atomic E-state index is 14.9. The van der Waals surface area contributed by atoms with Gasteiger partial charge in [-0.1, -0.05) is 58.1 Å². The fourth-order valence-electron chi connectivity index (χ4n) is 5.96. The van der Waals surface area contributed by atoms with Gasteiger partial charge in [-0.3, -0.25) is 0 Å². The second kappa shape index (κ2) is 13.5. The minimum atomic E-state index is -1.12. The Labute approximate surface area is 225 Å². The van der Waals surface area contributed by atoms with Crippen LogP contribution in [0.15, 0.2) is 30.3 Å². The van der Waals surface area contributed by atoms with Crippen LogP contribution in [0.4, 0.5) is 13.2 Å². The van der Waals surface area contributed by atoms with Gasteiger partial charge in [-0.05, 0) is 86.0 Å². The van der Waals surface area contributed by atoms with Gasteiger partial charge in [0.1, 0.15) is 17.7 Å². The molecule has 0 aromatic heterocycles. The van der Waals surface area contributed by atoms with Crippen molar-refractivity contribution in [2.24, 2.45) is 5.92 Å². The Kier molecular flexibility index (Phi) is 10.1. The topological polar surface area (TPSA) is 35.5 Å². The Balaban J connectivity index is 1.28. The van der Waals surface area contributed by atoms with Crippen molar-refractivity contribution in [3.05, 3.63) is 64.5 Å². The van der Waals surface area contributed by atoms with Crippen molar-refractivity contribution in [3.8, 4) is 5.75 Å². The third-order valence-electron chi connectivity index (χ3n) is 8.41. The summed E-state index contributed by atoms with van der Waals surface area (Å²) < 4.78 is 55.8. The van der Waals surface area contributed by atoms with Crippen LogP contribution < -0.4 is 4.74 Å². The highest BCUT2D eigenvalue weighted by molar-refractivity contribution is 5.90. The third-order valence-corrected chi connectivity index (χ3v) is 8.41. The van der Waals surface area contributed by atoms with Crippen LogP contribution in [-0.2, 0) is 4.74 Å². The van der Waals surface area contributed by atoms with Gasteiger partial charge in [0.25, 0.3) is 0 Å². The summed E-state index contributed by atoms with van der Waals surface area (Å²) in [6.07, 6.45) is 10.1. The summed E-state index contributed by atoms with van der Waals surface area (Å²) in [5.74, 6) is -1.98. The quantitative estimate of drug-likeness (QED) is 0.227. The second-order valence-corrected chi connectivity index (χ2v) is 11.3. The molecule has 0 bridgehead atoms. The molecule has 208 valence electrons. The summed E-state index contributed by atoms with van der Waals surface area (Å²) in [5, 5.41) is 0. The van der Waals surface area contributed by atoms with E-state index in [1.807, 2.05) is 6.07 Å². The van der Waals surface area contributed by atoms with Gasteiger partial charge in [-0.2, -0.15) is 0 Å². The van der Waals surface area contributed by atoms with Crippen LogP contribution in [0.25, 0.3) is 0 Å². The van der Waals surface area contributed by atoms with Gasteiger partial charge in [-0.25, -0.2) is 18.0 Å². The lowest BCUT2D eigenvalue weighted by Crippen LogP contribution is -2.25. The predicted molar refractivity (Wildman–Crippen MR) is 143 cm³/mol. The molecule has 0 unspecified atom stereocenters. The molecule has 0 spiro atoms. The summed E-state index contributed by atoms with van der Waals surface area (Å²) in [6, 6.07) is 7.98. The number of ether oxygens (including phenoxy) is 2. The van der Waals surface area contributed by atoms with Crippen molar-refractivity contribution in [3.63, 3.8) is 0 Å². The molecule has 0 aliphatic heterocycles. The van der Waals surface area contributed by atoms with Gasteiger partial charge >= 0.3 is 5.97 Å². The van der Waals surface area contributed by atoms with Gasteiger partial charge in [0.2, 0.25) is 0 Å². The Morgan fingerprint density at radius 2 is 1.47 bits per heavy atom. The first-order chi connectivity index (χ1) is 18.4. The van der Waals surface area contributed by atoms with Gasteiger partial charge < -0.3 is 9.47 Å². The van der Waals surface area contributed by atoms with E-state index in [4.69, 9.17) is 9.47 Å². The van der Waals surface area contributed by atoms with Crippen molar-refractivity contribution < 1.29 is 27.4 Å². The Bertz CT molecular complexity index is 1070. The van der Waals surface area contributed by atoms with E-state index in [2.05, 4.69) is 13.8 Å². The molecule has 2 aromatic rings. The van der Waals surface area contributed by atoms with Gasteiger partial charge in [0.15, 0.2) is 11.6 Å². The minimum absolute atomic E-state index is 0.00660. The van der Waals surface area contributed by atoms with E-state index < -0.39 is 23.7 Å². The molecule has 2 aromatic carbocycles. The molecule has 2 saturated carbocycles. The first-order valence-corrected chi connectivity index (χ1v) is 14.5.